The number of sulfonamides is 1. The summed E-state index contributed by atoms with van der Waals surface area (Å²) in [4.78, 5) is 12.5. The van der Waals surface area contributed by atoms with Gasteiger partial charge in [-0.2, -0.15) is 17.5 Å². The number of benzene rings is 3. The van der Waals surface area contributed by atoms with E-state index in [9.17, 15) is 26.4 Å². The van der Waals surface area contributed by atoms with Crippen LogP contribution in [-0.4, -0.2) is 38.8 Å². The highest BCUT2D eigenvalue weighted by molar-refractivity contribution is 7.89. The van der Waals surface area contributed by atoms with Gasteiger partial charge in [0.15, 0.2) is 0 Å². The number of halogens is 4. The van der Waals surface area contributed by atoms with Crippen LogP contribution in [0.4, 0.5) is 18.9 Å². The first-order chi connectivity index (χ1) is 16.5. The molecule has 0 aromatic heterocycles. The van der Waals surface area contributed by atoms with Crippen LogP contribution in [0.15, 0.2) is 77.7 Å². The van der Waals surface area contributed by atoms with Crippen LogP contribution in [0.5, 0.6) is 5.75 Å². The van der Waals surface area contributed by atoms with Crippen LogP contribution in [0.25, 0.3) is 0 Å². The molecule has 0 fully saturated rings. The van der Waals surface area contributed by atoms with Crippen molar-refractivity contribution in [1.29, 1.82) is 0 Å². The third kappa shape index (κ3) is 6.97. The Morgan fingerprint density at radius 2 is 1.74 bits per heavy atom. The Balaban J connectivity index is 1.85. The molecule has 3 rings (SSSR count). The lowest BCUT2D eigenvalue weighted by atomic mass is 10.1. The van der Waals surface area contributed by atoms with Crippen molar-refractivity contribution in [2.75, 3.05) is 25.5 Å². The molecule has 186 valence electrons. The van der Waals surface area contributed by atoms with Crippen molar-refractivity contribution >= 4 is 33.2 Å². The molecule has 6 nitrogen and oxygen atoms in total. The maximum atomic E-state index is 13.4. The number of amides is 1. The molecule has 0 saturated carbocycles. The fourth-order valence-corrected chi connectivity index (χ4v) is 5.02. The van der Waals surface area contributed by atoms with Crippen LogP contribution in [-0.2, 0) is 27.4 Å². The highest BCUT2D eigenvalue weighted by Gasteiger charge is 2.31. The highest BCUT2D eigenvalue weighted by Crippen LogP contribution is 2.31. The largest absolute Gasteiger partial charge is 0.495 e. The quantitative estimate of drug-likeness (QED) is 0.414. The number of ether oxygens (including phenoxy) is 1. The van der Waals surface area contributed by atoms with E-state index in [1.807, 2.05) is 18.2 Å². The molecule has 0 aliphatic carbocycles. The zero-order valence-electron chi connectivity index (χ0n) is 18.5. The lowest BCUT2D eigenvalue weighted by molar-refractivity contribution is -0.137. The van der Waals surface area contributed by atoms with E-state index >= 15 is 0 Å². The van der Waals surface area contributed by atoms with Crippen molar-refractivity contribution in [3.63, 3.8) is 0 Å². The number of methoxy groups -OCH3 is 1. The smallest absolute Gasteiger partial charge is 0.416 e. The van der Waals surface area contributed by atoms with Crippen molar-refractivity contribution < 1.29 is 31.1 Å². The van der Waals surface area contributed by atoms with Crippen LogP contribution >= 0.6 is 11.6 Å². The van der Waals surface area contributed by atoms with Gasteiger partial charge in [-0.15, -0.1) is 0 Å². The minimum absolute atomic E-state index is 0.0496. The van der Waals surface area contributed by atoms with E-state index < -0.39 is 34.2 Å². The lowest BCUT2D eigenvalue weighted by Crippen LogP contribution is -2.39. The maximum absolute atomic E-state index is 13.4. The first kappa shape index (κ1) is 26.5. The van der Waals surface area contributed by atoms with Gasteiger partial charge in [-0.05, 0) is 48.4 Å². The SMILES string of the molecule is COc1ccc(S(=O)(=O)N(CCc2ccccc2)CC(=O)Nc2cccc(C(F)(F)F)c2)cc1Cl. The number of carbonyl (C=O) groups is 1. The second kappa shape index (κ2) is 11.1. The minimum Gasteiger partial charge on any atom is -0.495 e. The Bertz CT molecular complexity index is 1290. The zero-order chi connectivity index (χ0) is 25.6. The van der Waals surface area contributed by atoms with Gasteiger partial charge in [0.2, 0.25) is 15.9 Å². The molecule has 0 saturated heterocycles. The second-order valence-electron chi connectivity index (χ2n) is 7.50. The molecule has 0 unspecified atom stereocenters. The Morgan fingerprint density at radius 1 is 1.03 bits per heavy atom. The average molecular weight is 527 g/mol. The minimum atomic E-state index is -4.58. The molecular formula is C24H22ClF3N2O4S. The summed E-state index contributed by atoms with van der Waals surface area (Å²) in [6.45, 7) is -0.666. The van der Waals surface area contributed by atoms with E-state index in [1.165, 1.54) is 31.4 Å². The number of hydrogen-bond donors (Lipinski definition) is 1. The van der Waals surface area contributed by atoms with E-state index in [4.69, 9.17) is 16.3 Å². The first-order valence-corrected chi connectivity index (χ1v) is 12.2. The summed E-state index contributed by atoms with van der Waals surface area (Å²) in [6, 6.07) is 17.1. The average Bonchev–Trinajstić information content (AvgIpc) is 2.81. The summed E-state index contributed by atoms with van der Waals surface area (Å²) in [7, 11) is -2.80. The van der Waals surface area contributed by atoms with Crippen molar-refractivity contribution in [3.05, 3.63) is 88.9 Å². The van der Waals surface area contributed by atoms with Crippen molar-refractivity contribution in [3.8, 4) is 5.75 Å². The topological polar surface area (TPSA) is 75.7 Å². The van der Waals surface area contributed by atoms with E-state index in [0.29, 0.717) is 6.42 Å². The van der Waals surface area contributed by atoms with E-state index in [1.54, 1.807) is 12.1 Å². The van der Waals surface area contributed by atoms with Crippen molar-refractivity contribution in [2.45, 2.75) is 17.5 Å². The maximum Gasteiger partial charge on any atom is 0.416 e. The highest BCUT2D eigenvalue weighted by atomic mass is 35.5. The molecule has 11 heteroatoms. The normalized spacial score (nSPS) is 11.9. The summed E-state index contributed by atoms with van der Waals surface area (Å²) in [5, 5.41) is 2.42. The molecule has 1 N–H and O–H groups in total. The molecule has 0 atom stereocenters. The summed E-state index contributed by atoms with van der Waals surface area (Å²) < 4.78 is 71.7. The summed E-state index contributed by atoms with van der Waals surface area (Å²) in [5.41, 5.74) is -0.187. The third-order valence-electron chi connectivity index (χ3n) is 5.05. The van der Waals surface area contributed by atoms with Crippen LogP contribution < -0.4 is 10.1 Å². The number of carbonyl (C=O) groups excluding carboxylic acids is 1. The third-order valence-corrected chi connectivity index (χ3v) is 7.18. The standard InChI is InChI=1S/C24H22ClF3N2O4S/c1-34-22-11-10-20(15-21(22)25)35(32,33)30(13-12-17-6-3-2-4-7-17)16-23(31)29-19-9-5-8-18(14-19)24(26,27)28/h2-11,14-15H,12-13,16H2,1H3,(H,29,31). The Morgan fingerprint density at radius 3 is 2.37 bits per heavy atom. The van der Waals surface area contributed by atoms with Crippen LogP contribution in [0, 0.1) is 0 Å². The number of alkyl halides is 3. The molecule has 1 amide bonds. The summed E-state index contributed by atoms with van der Waals surface area (Å²) in [5.74, 6) is -0.510. The second-order valence-corrected chi connectivity index (χ2v) is 9.84. The van der Waals surface area contributed by atoms with Crippen LogP contribution in [0.2, 0.25) is 5.02 Å². The molecule has 3 aromatic carbocycles. The Kier molecular flexibility index (Phi) is 8.42. The van der Waals surface area contributed by atoms with Gasteiger partial charge in [-0.3, -0.25) is 4.79 Å². The number of hydrogen-bond acceptors (Lipinski definition) is 4. The summed E-state index contributed by atoms with van der Waals surface area (Å²) in [6.07, 6.45) is -4.28. The number of nitrogens with one attached hydrogen (secondary N) is 1. The molecule has 3 aromatic rings. The van der Waals surface area contributed by atoms with Gasteiger partial charge in [0.05, 0.1) is 29.1 Å². The molecular weight excluding hydrogens is 505 g/mol. The number of nitrogens with zero attached hydrogens (tertiary/aromatic N) is 1. The lowest BCUT2D eigenvalue weighted by Gasteiger charge is -2.22. The number of rotatable bonds is 9. The first-order valence-electron chi connectivity index (χ1n) is 10.4. The predicted octanol–water partition coefficient (Wildman–Crippen LogP) is 5.24. The van der Waals surface area contributed by atoms with Gasteiger partial charge in [0.25, 0.3) is 0 Å². The molecule has 35 heavy (non-hydrogen) atoms. The Hall–Kier alpha value is -3.08. The number of anilines is 1. The molecule has 0 aliphatic heterocycles. The predicted molar refractivity (Wildman–Crippen MR) is 127 cm³/mol. The molecule has 0 radical (unpaired) electrons. The van der Waals surface area contributed by atoms with Crippen LogP contribution in [0.3, 0.4) is 0 Å². The van der Waals surface area contributed by atoms with Crippen LogP contribution in [0.1, 0.15) is 11.1 Å². The van der Waals surface area contributed by atoms with Gasteiger partial charge >= 0.3 is 6.18 Å². The molecule has 0 spiro atoms. The Labute approximate surface area is 206 Å². The monoisotopic (exact) mass is 526 g/mol. The molecule has 0 heterocycles. The van der Waals surface area contributed by atoms with Gasteiger partial charge < -0.3 is 10.1 Å². The van der Waals surface area contributed by atoms with E-state index in [-0.39, 0.29) is 27.9 Å². The van der Waals surface area contributed by atoms with E-state index in [2.05, 4.69) is 5.32 Å². The van der Waals surface area contributed by atoms with E-state index in [0.717, 1.165) is 28.1 Å². The summed E-state index contributed by atoms with van der Waals surface area (Å²) >= 11 is 6.10. The van der Waals surface area contributed by atoms with Crippen molar-refractivity contribution in [1.82, 2.24) is 4.31 Å². The van der Waals surface area contributed by atoms with Gasteiger partial charge in [0, 0.05) is 12.2 Å². The van der Waals surface area contributed by atoms with Gasteiger partial charge in [-0.1, -0.05) is 48.0 Å². The fraction of sp³-hybridized carbons (Fsp3) is 0.208. The zero-order valence-corrected chi connectivity index (χ0v) is 20.1. The van der Waals surface area contributed by atoms with Gasteiger partial charge in [-0.25, -0.2) is 8.42 Å². The molecule has 0 aliphatic rings. The fourth-order valence-electron chi connectivity index (χ4n) is 3.27. The molecule has 0 bridgehead atoms. The van der Waals surface area contributed by atoms with Gasteiger partial charge in [0.1, 0.15) is 5.75 Å². The van der Waals surface area contributed by atoms with Crippen molar-refractivity contribution in [2.24, 2.45) is 0 Å².